The molecule has 3 N–H and O–H groups in total. The van der Waals surface area contributed by atoms with Crippen molar-refractivity contribution < 1.29 is 24.5 Å². The number of hydrogen-bond donors (Lipinski definition) is 3. The lowest BCUT2D eigenvalue weighted by Gasteiger charge is -2.35. The fourth-order valence-corrected chi connectivity index (χ4v) is 2.89. The third kappa shape index (κ3) is 3.20. The molecule has 0 atom stereocenters. The summed E-state index contributed by atoms with van der Waals surface area (Å²) in [6, 6.07) is 7.22. The zero-order valence-corrected chi connectivity index (χ0v) is 13.7. The van der Waals surface area contributed by atoms with E-state index in [-0.39, 0.29) is 31.8 Å². The van der Waals surface area contributed by atoms with Gasteiger partial charge in [-0.25, -0.2) is 4.79 Å². The molecule has 0 unspecified atom stereocenters. The van der Waals surface area contributed by atoms with Gasteiger partial charge in [0.05, 0.1) is 24.6 Å². The molecule has 0 aliphatic carbocycles. The van der Waals surface area contributed by atoms with Crippen LogP contribution in [0.15, 0.2) is 30.5 Å². The molecule has 1 aliphatic heterocycles. The molecule has 0 bridgehead atoms. The summed E-state index contributed by atoms with van der Waals surface area (Å²) in [7, 11) is 1.58. The maximum absolute atomic E-state index is 12.8. The zero-order valence-electron chi connectivity index (χ0n) is 13.7. The Labute approximate surface area is 144 Å². The molecule has 1 amide bonds. The molecule has 132 valence electrons. The largest absolute Gasteiger partial charge is 0.497 e. The van der Waals surface area contributed by atoms with Crippen molar-refractivity contribution >= 4 is 11.9 Å². The van der Waals surface area contributed by atoms with Crippen molar-refractivity contribution in [1.29, 1.82) is 0 Å². The monoisotopic (exact) mass is 345 g/mol. The second-order valence-electron chi connectivity index (χ2n) is 6.02. The summed E-state index contributed by atoms with van der Waals surface area (Å²) >= 11 is 0. The lowest BCUT2D eigenvalue weighted by atomic mass is 9.91. The van der Waals surface area contributed by atoms with Gasteiger partial charge in [-0.15, -0.1) is 0 Å². The number of H-pyrrole nitrogens is 1. The smallest absolute Gasteiger partial charge is 0.335 e. The van der Waals surface area contributed by atoms with E-state index in [4.69, 9.17) is 9.84 Å². The van der Waals surface area contributed by atoms with Crippen LogP contribution in [0.2, 0.25) is 0 Å². The number of nitrogens with zero attached hydrogens (tertiary/aromatic N) is 2. The van der Waals surface area contributed by atoms with Crippen LogP contribution in [-0.2, 0) is 4.79 Å². The molecular weight excluding hydrogens is 326 g/mol. The van der Waals surface area contributed by atoms with E-state index in [2.05, 4.69) is 10.2 Å². The maximum Gasteiger partial charge on any atom is 0.335 e. The summed E-state index contributed by atoms with van der Waals surface area (Å²) in [5.41, 5.74) is 0.0322. The van der Waals surface area contributed by atoms with Crippen LogP contribution in [-0.4, -0.2) is 63.0 Å². The van der Waals surface area contributed by atoms with Gasteiger partial charge in [-0.05, 0) is 24.3 Å². The van der Waals surface area contributed by atoms with Gasteiger partial charge in [0.2, 0.25) is 0 Å². The van der Waals surface area contributed by atoms with Crippen LogP contribution < -0.4 is 4.74 Å². The summed E-state index contributed by atoms with van der Waals surface area (Å²) in [6.45, 7) is 0.351. The number of aliphatic carboxylic acids is 1. The van der Waals surface area contributed by atoms with Crippen LogP contribution in [0, 0.1) is 0 Å². The van der Waals surface area contributed by atoms with Gasteiger partial charge in [0.15, 0.2) is 5.60 Å². The second kappa shape index (κ2) is 6.56. The molecule has 0 saturated carbocycles. The molecule has 3 rings (SSSR count). The Kier molecular flexibility index (Phi) is 4.45. The van der Waals surface area contributed by atoms with Crippen molar-refractivity contribution in [3.63, 3.8) is 0 Å². The SMILES string of the molecule is COc1ccc(-c2[nH]ncc2C(=O)N2CCC(O)(C(=O)O)CC2)cc1. The van der Waals surface area contributed by atoms with Crippen molar-refractivity contribution in [3.05, 3.63) is 36.0 Å². The van der Waals surface area contributed by atoms with Crippen LogP contribution in [0.3, 0.4) is 0 Å². The molecule has 1 aliphatic rings. The first-order chi connectivity index (χ1) is 11.9. The maximum atomic E-state index is 12.8. The topological polar surface area (TPSA) is 116 Å². The average Bonchev–Trinajstić information content (AvgIpc) is 3.11. The Balaban J connectivity index is 1.78. The molecule has 8 nitrogen and oxygen atoms in total. The zero-order chi connectivity index (χ0) is 18.0. The molecule has 0 radical (unpaired) electrons. The van der Waals surface area contributed by atoms with E-state index in [1.54, 1.807) is 19.2 Å². The van der Waals surface area contributed by atoms with Gasteiger partial charge in [0.25, 0.3) is 5.91 Å². The number of carboxylic acid groups (broad SMARTS) is 1. The van der Waals surface area contributed by atoms with Crippen molar-refractivity contribution in [2.45, 2.75) is 18.4 Å². The number of piperidine rings is 1. The summed E-state index contributed by atoms with van der Waals surface area (Å²) in [5, 5.41) is 25.9. The Hall–Kier alpha value is -2.87. The minimum Gasteiger partial charge on any atom is -0.497 e. The quantitative estimate of drug-likeness (QED) is 0.765. The number of carboxylic acids is 1. The van der Waals surface area contributed by atoms with E-state index >= 15 is 0 Å². The Morgan fingerprint density at radius 3 is 2.44 bits per heavy atom. The number of ether oxygens (including phenoxy) is 1. The minimum atomic E-state index is -1.76. The fraction of sp³-hybridized carbons (Fsp3) is 0.353. The fourth-order valence-electron chi connectivity index (χ4n) is 2.89. The summed E-state index contributed by atoms with van der Waals surface area (Å²) in [4.78, 5) is 25.4. The first kappa shape index (κ1) is 17.0. The molecule has 8 heteroatoms. The van der Waals surface area contributed by atoms with Crippen LogP contribution in [0.1, 0.15) is 23.2 Å². The molecular formula is C17H19N3O5. The number of aromatic amines is 1. The second-order valence-corrected chi connectivity index (χ2v) is 6.02. The number of hydrogen-bond acceptors (Lipinski definition) is 5. The van der Waals surface area contributed by atoms with Crippen molar-refractivity contribution in [1.82, 2.24) is 15.1 Å². The van der Waals surface area contributed by atoms with Crippen LogP contribution >= 0.6 is 0 Å². The van der Waals surface area contributed by atoms with E-state index in [9.17, 15) is 14.7 Å². The highest BCUT2D eigenvalue weighted by Gasteiger charge is 2.40. The lowest BCUT2D eigenvalue weighted by molar-refractivity contribution is -0.162. The number of likely N-dealkylation sites (tertiary alicyclic amines) is 1. The van der Waals surface area contributed by atoms with Crippen LogP contribution in [0.5, 0.6) is 5.75 Å². The average molecular weight is 345 g/mol. The van der Waals surface area contributed by atoms with E-state index in [0.717, 1.165) is 5.56 Å². The minimum absolute atomic E-state index is 0.00376. The predicted octanol–water partition coefficient (Wildman–Crippen LogP) is 1.14. The Morgan fingerprint density at radius 1 is 1.24 bits per heavy atom. The summed E-state index contributed by atoms with van der Waals surface area (Å²) in [6.07, 6.45) is 1.47. The van der Waals surface area contributed by atoms with Crippen molar-refractivity contribution in [2.24, 2.45) is 0 Å². The van der Waals surface area contributed by atoms with E-state index in [1.807, 2.05) is 12.1 Å². The number of nitrogens with one attached hydrogen (secondary N) is 1. The lowest BCUT2D eigenvalue weighted by Crippen LogP contribution is -2.50. The number of carbonyl (C=O) groups excluding carboxylic acids is 1. The summed E-state index contributed by atoms with van der Waals surface area (Å²) in [5.74, 6) is -0.783. The first-order valence-corrected chi connectivity index (χ1v) is 7.87. The highest BCUT2D eigenvalue weighted by molar-refractivity contribution is 6.00. The highest BCUT2D eigenvalue weighted by atomic mass is 16.5. The van der Waals surface area contributed by atoms with Crippen LogP contribution in [0.4, 0.5) is 0 Å². The van der Waals surface area contributed by atoms with E-state index in [1.165, 1.54) is 11.1 Å². The molecule has 2 aromatic rings. The standard InChI is InChI=1S/C17H19N3O5/c1-25-12-4-2-11(3-5-12)14-13(10-18-19-14)15(21)20-8-6-17(24,7-9-20)16(22)23/h2-5,10,24H,6-9H2,1H3,(H,18,19)(H,22,23). The van der Waals surface area contributed by atoms with Crippen LogP contribution in [0.25, 0.3) is 11.3 Å². The molecule has 0 spiro atoms. The number of benzene rings is 1. The van der Waals surface area contributed by atoms with Gasteiger partial charge in [-0.2, -0.15) is 5.10 Å². The number of methoxy groups -OCH3 is 1. The third-order valence-corrected chi connectivity index (χ3v) is 4.52. The number of rotatable bonds is 4. The molecule has 1 aromatic heterocycles. The van der Waals surface area contributed by atoms with E-state index in [0.29, 0.717) is 17.0 Å². The van der Waals surface area contributed by atoms with Crippen molar-refractivity contribution in [3.8, 4) is 17.0 Å². The molecule has 1 saturated heterocycles. The normalized spacial score (nSPS) is 16.5. The van der Waals surface area contributed by atoms with Gasteiger partial charge in [0, 0.05) is 31.5 Å². The highest BCUT2D eigenvalue weighted by Crippen LogP contribution is 2.27. The van der Waals surface area contributed by atoms with Gasteiger partial charge in [-0.1, -0.05) is 0 Å². The van der Waals surface area contributed by atoms with Gasteiger partial charge >= 0.3 is 5.97 Å². The van der Waals surface area contributed by atoms with Crippen molar-refractivity contribution in [2.75, 3.05) is 20.2 Å². The van der Waals surface area contributed by atoms with E-state index < -0.39 is 11.6 Å². The van der Waals surface area contributed by atoms with Gasteiger partial charge in [-0.3, -0.25) is 9.89 Å². The Morgan fingerprint density at radius 2 is 1.88 bits per heavy atom. The number of amides is 1. The predicted molar refractivity (Wildman–Crippen MR) is 88.3 cm³/mol. The van der Waals surface area contributed by atoms with Gasteiger partial charge in [0.1, 0.15) is 5.75 Å². The number of aromatic nitrogens is 2. The molecule has 1 aromatic carbocycles. The molecule has 2 heterocycles. The number of carbonyl (C=O) groups is 2. The number of aliphatic hydroxyl groups is 1. The molecule has 1 fully saturated rings. The van der Waals surface area contributed by atoms with Gasteiger partial charge < -0.3 is 19.8 Å². The Bertz CT molecular complexity index is 776. The first-order valence-electron chi connectivity index (χ1n) is 7.87. The summed E-state index contributed by atoms with van der Waals surface area (Å²) < 4.78 is 5.13. The molecule has 25 heavy (non-hydrogen) atoms. The third-order valence-electron chi connectivity index (χ3n) is 4.52.